The summed E-state index contributed by atoms with van der Waals surface area (Å²) in [6.45, 7) is 25.0. The van der Waals surface area contributed by atoms with Gasteiger partial charge in [0.15, 0.2) is 11.6 Å². The van der Waals surface area contributed by atoms with Gasteiger partial charge in [0.1, 0.15) is 0 Å². The van der Waals surface area contributed by atoms with E-state index in [9.17, 15) is 27.6 Å². The van der Waals surface area contributed by atoms with Crippen LogP contribution in [-0.2, 0) is 34.0 Å². The number of ketones is 2. The summed E-state index contributed by atoms with van der Waals surface area (Å²) in [5, 5.41) is 2.54. The number of allylic oxidation sites excluding steroid dienone is 1. The lowest BCUT2D eigenvalue weighted by molar-refractivity contribution is -0.147. The van der Waals surface area contributed by atoms with Crippen LogP contribution in [0.5, 0.6) is 0 Å². The van der Waals surface area contributed by atoms with Gasteiger partial charge in [0.05, 0.1) is 28.7 Å². The van der Waals surface area contributed by atoms with Crippen LogP contribution in [0.1, 0.15) is 133 Å². The Morgan fingerprint density at radius 2 is 1.58 bits per heavy atom. The van der Waals surface area contributed by atoms with Gasteiger partial charge < -0.3 is 15.1 Å². The largest absolute Gasteiger partial charge is 0.345 e. The first-order chi connectivity index (χ1) is 25.4. The van der Waals surface area contributed by atoms with Crippen molar-refractivity contribution in [2.24, 2.45) is 50.2 Å². The fourth-order valence-electron chi connectivity index (χ4n) is 11.3. The molecule has 0 unspecified atom stereocenters. The number of sulfonamides is 1. The van der Waals surface area contributed by atoms with Crippen molar-refractivity contribution in [3.8, 4) is 0 Å². The number of nitrogens with zero attached hydrogens (tertiary/aromatic N) is 2. The number of fused-ring (bicyclic) bond motifs is 1. The Kier molecular flexibility index (Phi) is 10.7. The van der Waals surface area contributed by atoms with Crippen LogP contribution in [0.2, 0.25) is 0 Å². The zero-order valence-corrected chi connectivity index (χ0v) is 35.8. The Morgan fingerprint density at radius 1 is 0.927 bits per heavy atom. The highest BCUT2D eigenvalue weighted by Crippen LogP contribution is 2.88. The van der Waals surface area contributed by atoms with E-state index in [0.717, 1.165) is 45.2 Å². The van der Waals surface area contributed by atoms with Crippen molar-refractivity contribution in [3.63, 3.8) is 0 Å². The first kappa shape index (κ1) is 42.0. The van der Waals surface area contributed by atoms with Crippen LogP contribution >= 0.6 is 0 Å². The molecule has 12 heteroatoms. The maximum absolute atomic E-state index is 15.2. The number of rotatable bonds is 14. The third kappa shape index (κ3) is 7.16. The van der Waals surface area contributed by atoms with Gasteiger partial charge in [0.25, 0.3) is 0 Å². The van der Waals surface area contributed by atoms with Gasteiger partial charge in [-0.15, -0.1) is 6.58 Å². The summed E-state index contributed by atoms with van der Waals surface area (Å²) in [6.07, 6.45) is 8.08. The molecule has 2 heterocycles. The predicted molar refractivity (Wildman–Crippen MR) is 212 cm³/mol. The molecule has 4 aliphatic carbocycles. The van der Waals surface area contributed by atoms with Crippen molar-refractivity contribution in [1.82, 2.24) is 19.8 Å². The molecular weight excluding hydrogens is 717 g/mol. The van der Waals surface area contributed by atoms with Crippen molar-refractivity contribution < 1.29 is 32.4 Å². The van der Waals surface area contributed by atoms with Gasteiger partial charge in [0, 0.05) is 37.3 Å². The zero-order valence-electron chi connectivity index (χ0n) is 35.0. The SMILES string of the molecule is C=C[C@@H]1C[C@]1(CC(=O)[C@@H]1C[C@@]2(CN1C(=O)[C@@H](CC(=O)[C@@H](NC(=O)[C@@H]1CCCN(CC)C1)C(C)(C)C)C(C)(C)C)C(C)(C)C21CCC1)C(=O)NS(=O)(=O)C1CC1. The van der Waals surface area contributed by atoms with Crippen LogP contribution in [0.25, 0.3) is 0 Å². The Balaban J connectivity index is 1.26. The Hall–Kier alpha value is -2.60. The lowest BCUT2D eigenvalue weighted by Gasteiger charge is -2.38. The maximum Gasteiger partial charge on any atom is 0.240 e. The van der Waals surface area contributed by atoms with Gasteiger partial charge in [-0.3, -0.25) is 28.7 Å². The Morgan fingerprint density at radius 3 is 2.07 bits per heavy atom. The lowest BCUT2D eigenvalue weighted by atomic mass is 9.73. The van der Waals surface area contributed by atoms with E-state index in [0.29, 0.717) is 38.8 Å². The summed E-state index contributed by atoms with van der Waals surface area (Å²) >= 11 is 0. The normalized spacial score (nSPS) is 32.3. The molecule has 0 aromatic rings. The van der Waals surface area contributed by atoms with Gasteiger partial charge >= 0.3 is 0 Å². The Labute approximate surface area is 330 Å². The number of Topliss-reactive ketones (excluding diaryl/α,β-unsaturated/α-hetero) is 2. The number of nitrogens with one attached hydrogen (secondary N) is 2. The smallest absolute Gasteiger partial charge is 0.240 e. The predicted octanol–water partition coefficient (Wildman–Crippen LogP) is 5.43. The summed E-state index contributed by atoms with van der Waals surface area (Å²) in [5.41, 5.74) is -2.79. The van der Waals surface area contributed by atoms with Gasteiger partial charge in [-0.1, -0.05) is 74.8 Å². The van der Waals surface area contributed by atoms with E-state index < -0.39 is 55.4 Å². The molecule has 4 saturated carbocycles. The topological polar surface area (TPSA) is 150 Å². The van der Waals surface area contributed by atoms with E-state index in [1.807, 2.05) is 41.5 Å². The van der Waals surface area contributed by atoms with Crippen molar-refractivity contribution in [2.45, 2.75) is 150 Å². The molecule has 6 rings (SSSR count). The highest BCUT2D eigenvalue weighted by atomic mass is 32.2. The fourth-order valence-corrected chi connectivity index (χ4v) is 12.7. The average molecular weight is 785 g/mol. The number of likely N-dealkylation sites (tertiary alicyclic amines) is 2. The van der Waals surface area contributed by atoms with Crippen LogP contribution in [0.15, 0.2) is 12.7 Å². The number of amides is 3. The molecule has 7 atom stereocenters. The first-order valence-electron chi connectivity index (χ1n) is 21.0. The summed E-state index contributed by atoms with van der Waals surface area (Å²) in [4.78, 5) is 75.7. The minimum absolute atomic E-state index is 0.0331. The summed E-state index contributed by atoms with van der Waals surface area (Å²) < 4.78 is 27.9. The van der Waals surface area contributed by atoms with Crippen LogP contribution in [0.4, 0.5) is 0 Å². The molecular formula is C43H68N4O7S. The number of hydrogen-bond donors (Lipinski definition) is 2. The number of hydrogen-bond acceptors (Lipinski definition) is 8. The maximum atomic E-state index is 15.2. The van der Waals surface area contributed by atoms with Crippen molar-refractivity contribution in [2.75, 3.05) is 26.2 Å². The quantitative estimate of drug-likeness (QED) is 0.222. The lowest BCUT2D eigenvalue weighted by Crippen LogP contribution is -2.54. The molecule has 6 fully saturated rings. The molecule has 0 aromatic heterocycles. The minimum atomic E-state index is -3.82. The van der Waals surface area contributed by atoms with E-state index in [1.54, 1.807) is 11.0 Å². The van der Waals surface area contributed by atoms with Crippen molar-refractivity contribution in [1.29, 1.82) is 0 Å². The summed E-state index contributed by atoms with van der Waals surface area (Å²) in [5.74, 6) is -2.78. The van der Waals surface area contributed by atoms with Gasteiger partial charge in [0.2, 0.25) is 27.7 Å². The molecule has 2 saturated heterocycles. The fraction of sp³-hybridized carbons (Fsp3) is 0.837. The highest BCUT2D eigenvalue weighted by Gasteiger charge is 2.85. The van der Waals surface area contributed by atoms with Crippen LogP contribution in [0, 0.1) is 50.2 Å². The van der Waals surface area contributed by atoms with E-state index in [4.69, 9.17) is 0 Å². The molecule has 0 bridgehead atoms. The molecule has 0 aromatic carbocycles. The van der Waals surface area contributed by atoms with E-state index in [2.05, 4.69) is 42.3 Å². The second-order valence-corrected chi connectivity index (χ2v) is 22.9. The highest BCUT2D eigenvalue weighted by molar-refractivity contribution is 7.90. The van der Waals surface area contributed by atoms with Crippen LogP contribution < -0.4 is 10.0 Å². The van der Waals surface area contributed by atoms with E-state index >= 15 is 4.79 Å². The van der Waals surface area contributed by atoms with Gasteiger partial charge in [-0.05, 0) is 92.0 Å². The van der Waals surface area contributed by atoms with Crippen molar-refractivity contribution in [3.05, 3.63) is 12.7 Å². The van der Waals surface area contributed by atoms with Crippen LogP contribution in [-0.4, -0.2) is 91.0 Å². The van der Waals surface area contributed by atoms with Gasteiger partial charge in [-0.2, -0.15) is 0 Å². The zero-order chi connectivity index (χ0) is 40.7. The van der Waals surface area contributed by atoms with E-state index in [1.165, 1.54) is 0 Å². The second kappa shape index (κ2) is 14.0. The van der Waals surface area contributed by atoms with Gasteiger partial charge in [-0.25, -0.2) is 8.42 Å². The third-order valence-electron chi connectivity index (χ3n) is 15.6. The molecule has 2 N–H and O–H groups in total. The average Bonchev–Trinajstić information content (AvgIpc) is 4.02. The number of carbonyl (C=O) groups is 5. The third-order valence-corrected chi connectivity index (χ3v) is 17.4. The molecule has 55 heavy (non-hydrogen) atoms. The number of piperidine rings is 1. The van der Waals surface area contributed by atoms with Crippen molar-refractivity contribution >= 4 is 39.3 Å². The molecule has 308 valence electrons. The Bertz CT molecular complexity index is 1720. The first-order valence-corrected chi connectivity index (χ1v) is 22.5. The molecule has 3 amide bonds. The molecule has 0 radical (unpaired) electrons. The number of carbonyl (C=O) groups excluding carboxylic acids is 5. The molecule has 11 nitrogen and oxygen atoms in total. The molecule has 2 spiro atoms. The van der Waals surface area contributed by atoms with Crippen LogP contribution in [0.3, 0.4) is 0 Å². The standard InChI is InChI=1S/C43H68N4O7S/c1-11-28-22-41(28,37(52)45-55(53,54)29-16-17-29)24-33(49)31-23-43(40(9,10)42(43)18-14-19-42)26-47(31)36(51)30(38(3,4)5)21-32(48)34(39(6,7)8)44-35(50)27-15-13-20-46(12-2)25-27/h11,27-31,34H,1,12-26H2,2-10H3,(H,44,50)(H,45,52)/t27-,28-,30-,31+,34-,41-,43-/m1/s1. The minimum Gasteiger partial charge on any atom is -0.345 e. The second-order valence-electron chi connectivity index (χ2n) is 21.0. The molecule has 2 aliphatic heterocycles. The monoisotopic (exact) mass is 784 g/mol. The molecule has 6 aliphatic rings. The summed E-state index contributed by atoms with van der Waals surface area (Å²) in [7, 11) is -3.82. The summed E-state index contributed by atoms with van der Waals surface area (Å²) in [6, 6.07) is -1.60. The van der Waals surface area contributed by atoms with E-state index in [-0.39, 0.29) is 64.3 Å².